The van der Waals surface area contributed by atoms with Gasteiger partial charge >= 0.3 is 0 Å². The van der Waals surface area contributed by atoms with Crippen LogP contribution in [0.15, 0.2) is 12.1 Å². The van der Waals surface area contributed by atoms with Gasteiger partial charge in [0.1, 0.15) is 5.15 Å². The molecule has 0 spiro atoms. The van der Waals surface area contributed by atoms with Crippen LogP contribution < -0.4 is 0 Å². The molecule has 5 heteroatoms. The minimum atomic E-state index is 0.471. The maximum absolute atomic E-state index is 5.82. The second-order valence-corrected chi connectivity index (χ2v) is 3.89. The molecule has 0 N–H and O–H groups in total. The fourth-order valence-corrected chi connectivity index (χ4v) is 1.64. The Morgan fingerprint density at radius 2 is 2.13 bits per heavy atom. The average molecular weight is 225 g/mol. The molecule has 0 amide bonds. The number of hydrogen-bond donors (Lipinski definition) is 0. The van der Waals surface area contributed by atoms with Crippen molar-refractivity contribution in [2.75, 3.05) is 0 Å². The highest BCUT2D eigenvalue weighted by molar-refractivity contribution is 6.29. The van der Waals surface area contributed by atoms with Crippen LogP contribution in [0.4, 0.5) is 0 Å². The largest absolute Gasteiger partial charge is 0.196 e. The first kappa shape index (κ1) is 10.4. The third-order valence-corrected chi connectivity index (χ3v) is 2.50. The van der Waals surface area contributed by atoms with Gasteiger partial charge in [0.05, 0.1) is 0 Å². The predicted octanol–water partition coefficient (Wildman–Crippen LogP) is 2.51. The molecular weight excluding hydrogens is 212 g/mol. The van der Waals surface area contributed by atoms with Crippen molar-refractivity contribution in [3.8, 4) is 0 Å². The van der Waals surface area contributed by atoms with Gasteiger partial charge in [-0.05, 0) is 18.6 Å². The monoisotopic (exact) mass is 224 g/mol. The van der Waals surface area contributed by atoms with E-state index in [0.717, 1.165) is 24.3 Å². The summed E-state index contributed by atoms with van der Waals surface area (Å²) >= 11 is 5.82. The van der Waals surface area contributed by atoms with E-state index in [2.05, 4.69) is 22.2 Å². The number of halogens is 1. The van der Waals surface area contributed by atoms with Crippen molar-refractivity contribution in [1.29, 1.82) is 0 Å². The van der Waals surface area contributed by atoms with Gasteiger partial charge in [-0.1, -0.05) is 31.4 Å². The molecule has 2 heterocycles. The number of hydrogen-bond acceptors (Lipinski definition) is 3. The highest BCUT2D eigenvalue weighted by Gasteiger charge is 2.06. The lowest BCUT2D eigenvalue weighted by Crippen LogP contribution is -1.99. The van der Waals surface area contributed by atoms with Crippen LogP contribution in [0.3, 0.4) is 0 Å². The lowest BCUT2D eigenvalue weighted by molar-refractivity contribution is 0.675. The van der Waals surface area contributed by atoms with Crippen molar-refractivity contribution in [2.45, 2.75) is 32.6 Å². The van der Waals surface area contributed by atoms with Crippen LogP contribution in [-0.4, -0.2) is 19.8 Å². The highest BCUT2D eigenvalue weighted by Crippen LogP contribution is 2.09. The molecule has 0 aromatic carbocycles. The van der Waals surface area contributed by atoms with Gasteiger partial charge in [-0.15, -0.1) is 10.2 Å². The molecule has 0 aliphatic carbocycles. The standard InChI is InChI=1S/C10H13ClN4/c1-2-3-4-5-9-12-13-10-7-6-8(11)14-15(9)10/h6-7H,2-5H2,1H3. The number of unbranched alkanes of at least 4 members (excludes halogenated alkanes) is 2. The van der Waals surface area contributed by atoms with Gasteiger partial charge in [0.15, 0.2) is 11.5 Å². The van der Waals surface area contributed by atoms with E-state index in [1.807, 2.05) is 6.07 Å². The zero-order chi connectivity index (χ0) is 10.7. The number of rotatable bonds is 4. The molecule has 0 unspecified atom stereocenters. The number of aromatic nitrogens is 4. The minimum absolute atomic E-state index is 0.471. The van der Waals surface area contributed by atoms with Gasteiger partial charge < -0.3 is 0 Å². The molecule has 0 aliphatic heterocycles. The van der Waals surface area contributed by atoms with Crippen LogP contribution in [0.25, 0.3) is 5.65 Å². The minimum Gasteiger partial charge on any atom is -0.196 e. The Morgan fingerprint density at radius 1 is 1.27 bits per heavy atom. The van der Waals surface area contributed by atoms with Crippen molar-refractivity contribution in [3.63, 3.8) is 0 Å². The van der Waals surface area contributed by atoms with Crippen LogP contribution in [-0.2, 0) is 6.42 Å². The zero-order valence-corrected chi connectivity index (χ0v) is 9.41. The molecule has 4 nitrogen and oxygen atoms in total. The normalized spacial score (nSPS) is 11.1. The van der Waals surface area contributed by atoms with Gasteiger partial charge in [-0.2, -0.15) is 9.61 Å². The molecule has 0 bridgehead atoms. The summed E-state index contributed by atoms with van der Waals surface area (Å²) in [6.45, 7) is 2.18. The van der Waals surface area contributed by atoms with Gasteiger partial charge in [0.25, 0.3) is 0 Å². The summed E-state index contributed by atoms with van der Waals surface area (Å²) in [6, 6.07) is 3.55. The summed E-state index contributed by atoms with van der Waals surface area (Å²) in [6.07, 6.45) is 4.42. The topological polar surface area (TPSA) is 43.1 Å². The third-order valence-electron chi connectivity index (χ3n) is 2.30. The molecule has 0 radical (unpaired) electrons. The molecule has 0 fully saturated rings. The van der Waals surface area contributed by atoms with Crippen LogP contribution in [0.5, 0.6) is 0 Å². The first-order chi connectivity index (χ1) is 7.31. The lowest BCUT2D eigenvalue weighted by atomic mass is 10.2. The van der Waals surface area contributed by atoms with E-state index in [1.54, 1.807) is 10.6 Å². The Morgan fingerprint density at radius 3 is 2.93 bits per heavy atom. The molecule has 2 aromatic rings. The Kier molecular flexibility index (Phi) is 3.16. The summed E-state index contributed by atoms with van der Waals surface area (Å²) < 4.78 is 1.72. The van der Waals surface area contributed by atoms with E-state index in [0.29, 0.717) is 5.15 Å². The fourth-order valence-electron chi connectivity index (χ4n) is 1.50. The van der Waals surface area contributed by atoms with Gasteiger partial charge in [-0.3, -0.25) is 0 Å². The number of aryl methyl sites for hydroxylation is 1. The van der Waals surface area contributed by atoms with Crippen LogP contribution in [0.2, 0.25) is 5.15 Å². The third kappa shape index (κ3) is 2.26. The van der Waals surface area contributed by atoms with Gasteiger partial charge in [0, 0.05) is 6.42 Å². The van der Waals surface area contributed by atoms with Gasteiger partial charge in [-0.25, -0.2) is 0 Å². The summed E-state index contributed by atoms with van der Waals surface area (Å²) in [5, 5.41) is 12.8. The molecule has 80 valence electrons. The van der Waals surface area contributed by atoms with E-state index < -0.39 is 0 Å². The second kappa shape index (κ2) is 4.57. The SMILES string of the molecule is CCCCCc1nnc2ccc(Cl)nn12. The Labute approximate surface area is 93.3 Å². The molecule has 15 heavy (non-hydrogen) atoms. The predicted molar refractivity (Wildman–Crippen MR) is 59.0 cm³/mol. The smallest absolute Gasteiger partial charge is 0.178 e. The number of fused-ring (bicyclic) bond motifs is 1. The molecule has 0 atom stereocenters. The van der Waals surface area contributed by atoms with E-state index in [9.17, 15) is 0 Å². The Balaban J connectivity index is 2.23. The van der Waals surface area contributed by atoms with Crippen molar-refractivity contribution < 1.29 is 0 Å². The molecule has 0 saturated heterocycles. The van der Waals surface area contributed by atoms with Gasteiger partial charge in [0.2, 0.25) is 0 Å². The molecular formula is C10H13ClN4. The van der Waals surface area contributed by atoms with Crippen LogP contribution >= 0.6 is 11.6 Å². The summed E-state index contributed by atoms with van der Waals surface area (Å²) in [4.78, 5) is 0. The average Bonchev–Trinajstić information content (AvgIpc) is 2.62. The molecule has 0 saturated carbocycles. The Bertz CT molecular complexity index is 452. The second-order valence-electron chi connectivity index (χ2n) is 3.50. The van der Waals surface area contributed by atoms with Crippen LogP contribution in [0.1, 0.15) is 32.0 Å². The lowest BCUT2D eigenvalue weighted by Gasteiger charge is -1.98. The molecule has 2 aromatic heterocycles. The fraction of sp³-hybridized carbons (Fsp3) is 0.500. The first-order valence-electron chi connectivity index (χ1n) is 5.18. The van der Waals surface area contributed by atoms with Crippen LogP contribution in [0, 0.1) is 0 Å². The summed E-state index contributed by atoms with van der Waals surface area (Å²) in [5.41, 5.74) is 0.755. The maximum Gasteiger partial charge on any atom is 0.178 e. The summed E-state index contributed by atoms with van der Waals surface area (Å²) in [7, 11) is 0. The van der Waals surface area contributed by atoms with E-state index in [1.165, 1.54) is 12.8 Å². The number of nitrogens with zero attached hydrogens (tertiary/aromatic N) is 4. The molecule has 0 aliphatic rings. The molecule has 2 rings (SSSR count). The highest BCUT2D eigenvalue weighted by atomic mass is 35.5. The van der Waals surface area contributed by atoms with E-state index in [4.69, 9.17) is 11.6 Å². The van der Waals surface area contributed by atoms with Crippen molar-refractivity contribution in [2.24, 2.45) is 0 Å². The Hall–Kier alpha value is -1.16. The van der Waals surface area contributed by atoms with E-state index in [-0.39, 0.29) is 0 Å². The quantitative estimate of drug-likeness (QED) is 0.750. The first-order valence-corrected chi connectivity index (χ1v) is 5.56. The van der Waals surface area contributed by atoms with E-state index >= 15 is 0 Å². The summed E-state index contributed by atoms with van der Waals surface area (Å²) in [5.74, 6) is 0.890. The zero-order valence-electron chi connectivity index (χ0n) is 8.65. The van der Waals surface area contributed by atoms with Crippen molar-refractivity contribution in [1.82, 2.24) is 19.8 Å². The van der Waals surface area contributed by atoms with Crippen molar-refractivity contribution in [3.05, 3.63) is 23.1 Å². The maximum atomic E-state index is 5.82. The van der Waals surface area contributed by atoms with Crippen molar-refractivity contribution >= 4 is 17.2 Å².